The first-order valence-electron chi connectivity index (χ1n) is 5.53. The number of hydrogen-bond donors (Lipinski definition) is 1. The Morgan fingerprint density at radius 2 is 2.35 bits per heavy atom. The van der Waals surface area contributed by atoms with Crippen LogP contribution in [0.2, 0.25) is 5.02 Å². The summed E-state index contributed by atoms with van der Waals surface area (Å²) in [6.45, 7) is 4.44. The normalized spacial score (nSPS) is 20.4. The first-order valence-corrected chi connectivity index (χ1v) is 6.32. The fourth-order valence-electron chi connectivity index (χ4n) is 1.98. The maximum absolute atomic E-state index is 6.27. The second kappa shape index (κ2) is 5.21. The highest BCUT2D eigenvalue weighted by molar-refractivity contribution is 7.80. The molecule has 0 bridgehead atoms. The van der Waals surface area contributed by atoms with E-state index in [0.29, 0.717) is 16.1 Å². The number of halogens is 1. The molecule has 2 rings (SSSR count). The average molecular weight is 271 g/mol. The summed E-state index contributed by atoms with van der Waals surface area (Å²) in [4.78, 5) is 2.61. The average Bonchev–Trinajstić information content (AvgIpc) is 2.30. The Hall–Kier alpha value is -0.840. The molecule has 0 aromatic heterocycles. The molecule has 1 fully saturated rings. The minimum Gasteiger partial charge on any atom is -0.389 e. The number of anilines is 1. The quantitative estimate of drug-likeness (QED) is 0.837. The van der Waals surface area contributed by atoms with E-state index in [4.69, 9.17) is 34.3 Å². The summed E-state index contributed by atoms with van der Waals surface area (Å²) in [6.07, 6.45) is 0. The van der Waals surface area contributed by atoms with E-state index in [-0.39, 0.29) is 0 Å². The molecular formula is C12H15ClN2OS. The lowest BCUT2D eigenvalue weighted by atomic mass is 10.1. The van der Waals surface area contributed by atoms with E-state index in [9.17, 15) is 0 Å². The van der Waals surface area contributed by atoms with Gasteiger partial charge in [-0.15, -0.1) is 0 Å². The van der Waals surface area contributed by atoms with Crippen molar-refractivity contribution in [1.82, 2.24) is 0 Å². The molecule has 1 aliphatic rings. The number of hydrogen-bond acceptors (Lipinski definition) is 3. The maximum atomic E-state index is 6.27. The van der Waals surface area contributed by atoms with Gasteiger partial charge in [-0.25, -0.2) is 0 Å². The molecule has 5 heteroatoms. The smallest absolute Gasteiger partial charge is 0.104 e. The zero-order chi connectivity index (χ0) is 12.4. The van der Waals surface area contributed by atoms with E-state index in [2.05, 4.69) is 11.8 Å². The lowest BCUT2D eigenvalue weighted by molar-refractivity contribution is 0.0989. The van der Waals surface area contributed by atoms with Crippen molar-refractivity contribution in [3.05, 3.63) is 28.8 Å². The first-order chi connectivity index (χ1) is 8.09. The molecule has 1 saturated heterocycles. The van der Waals surface area contributed by atoms with Crippen LogP contribution in [0.5, 0.6) is 0 Å². The molecule has 0 saturated carbocycles. The Balaban J connectivity index is 2.29. The third kappa shape index (κ3) is 2.70. The summed E-state index contributed by atoms with van der Waals surface area (Å²) in [5, 5.41) is 0.684. The second-order valence-corrected chi connectivity index (χ2v) is 4.99. The molecule has 1 aromatic rings. The van der Waals surface area contributed by atoms with Crippen molar-refractivity contribution >= 4 is 34.5 Å². The third-order valence-corrected chi connectivity index (χ3v) is 3.45. The van der Waals surface area contributed by atoms with Crippen LogP contribution in [-0.2, 0) is 4.74 Å². The van der Waals surface area contributed by atoms with Crippen molar-refractivity contribution in [2.75, 3.05) is 24.7 Å². The molecule has 1 heterocycles. The van der Waals surface area contributed by atoms with Crippen molar-refractivity contribution in [2.24, 2.45) is 5.73 Å². The molecule has 1 aliphatic heterocycles. The number of thiocarbonyl (C=S) groups is 1. The van der Waals surface area contributed by atoms with Crippen molar-refractivity contribution in [2.45, 2.75) is 13.0 Å². The molecule has 0 amide bonds. The standard InChI is InChI=1S/C12H15ClN2OS/c1-8-7-16-5-4-15(8)11-3-2-9(12(14)17)6-10(11)13/h2-3,6,8H,4-5,7H2,1H3,(H2,14,17). The van der Waals surface area contributed by atoms with Crippen LogP contribution in [0.1, 0.15) is 12.5 Å². The van der Waals surface area contributed by atoms with Crippen molar-refractivity contribution in [1.29, 1.82) is 0 Å². The molecule has 1 unspecified atom stereocenters. The Morgan fingerprint density at radius 1 is 1.59 bits per heavy atom. The minimum absolute atomic E-state index is 0.330. The third-order valence-electron chi connectivity index (χ3n) is 2.91. The summed E-state index contributed by atoms with van der Waals surface area (Å²) in [7, 11) is 0. The van der Waals surface area contributed by atoms with Gasteiger partial charge in [-0.05, 0) is 25.1 Å². The van der Waals surface area contributed by atoms with Crippen LogP contribution >= 0.6 is 23.8 Å². The van der Waals surface area contributed by atoms with Gasteiger partial charge < -0.3 is 15.4 Å². The van der Waals surface area contributed by atoms with Gasteiger partial charge in [0.05, 0.1) is 23.9 Å². The molecule has 92 valence electrons. The molecule has 1 aromatic carbocycles. The topological polar surface area (TPSA) is 38.5 Å². The summed E-state index contributed by atoms with van der Waals surface area (Å²) in [6, 6.07) is 6.03. The van der Waals surface area contributed by atoms with E-state index >= 15 is 0 Å². The number of rotatable bonds is 2. The highest BCUT2D eigenvalue weighted by Crippen LogP contribution is 2.29. The summed E-state index contributed by atoms with van der Waals surface area (Å²) in [5.41, 5.74) is 7.39. The van der Waals surface area contributed by atoms with Crippen LogP contribution in [0.25, 0.3) is 0 Å². The summed E-state index contributed by atoms with van der Waals surface area (Å²) < 4.78 is 5.41. The fraction of sp³-hybridized carbons (Fsp3) is 0.417. The maximum Gasteiger partial charge on any atom is 0.104 e. The van der Waals surface area contributed by atoms with Gasteiger partial charge in [0.25, 0.3) is 0 Å². The Morgan fingerprint density at radius 3 is 2.94 bits per heavy atom. The molecule has 0 spiro atoms. The Bertz CT molecular complexity index is 439. The van der Waals surface area contributed by atoms with E-state index in [1.165, 1.54) is 0 Å². The predicted octanol–water partition coefficient (Wildman–Crippen LogP) is 2.20. The van der Waals surface area contributed by atoms with Gasteiger partial charge in [-0.1, -0.05) is 23.8 Å². The predicted molar refractivity (Wildman–Crippen MR) is 75.0 cm³/mol. The zero-order valence-electron chi connectivity index (χ0n) is 9.65. The molecule has 3 nitrogen and oxygen atoms in total. The first kappa shape index (κ1) is 12.6. The molecule has 0 radical (unpaired) electrons. The summed E-state index contributed by atoms with van der Waals surface area (Å²) >= 11 is 11.2. The molecule has 1 atom stereocenters. The van der Waals surface area contributed by atoms with Crippen LogP contribution < -0.4 is 10.6 Å². The van der Waals surface area contributed by atoms with Gasteiger partial charge in [0.15, 0.2) is 0 Å². The van der Waals surface area contributed by atoms with E-state index in [0.717, 1.165) is 31.0 Å². The van der Waals surface area contributed by atoms with Gasteiger partial charge >= 0.3 is 0 Å². The van der Waals surface area contributed by atoms with Crippen LogP contribution in [0.3, 0.4) is 0 Å². The Kier molecular flexibility index (Phi) is 3.86. The largest absolute Gasteiger partial charge is 0.389 e. The van der Waals surface area contributed by atoms with Gasteiger partial charge in [-0.3, -0.25) is 0 Å². The molecular weight excluding hydrogens is 256 g/mol. The highest BCUT2D eigenvalue weighted by Gasteiger charge is 2.21. The summed E-state index contributed by atoms with van der Waals surface area (Å²) in [5.74, 6) is 0. The lowest BCUT2D eigenvalue weighted by Gasteiger charge is -2.35. The number of morpholine rings is 1. The highest BCUT2D eigenvalue weighted by atomic mass is 35.5. The molecule has 17 heavy (non-hydrogen) atoms. The second-order valence-electron chi connectivity index (χ2n) is 4.15. The van der Waals surface area contributed by atoms with Gasteiger partial charge in [0.2, 0.25) is 0 Å². The monoisotopic (exact) mass is 270 g/mol. The van der Waals surface area contributed by atoms with E-state index < -0.39 is 0 Å². The number of nitrogens with two attached hydrogens (primary N) is 1. The Labute approximate surface area is 111 Å². The zero-order valence-corrected chi connectivity index (χ0v) is 11.2. The van der Waals surface area contributed by atoms with Crippen molar-refractivity contribution in [3.8, 4) is 0 Å². The number of ether oxygens (including phenoxy) is 1. The van der Waals surface area contributed by atoms with Crippen LogP contribution in [0.15, 0.2) is 18.2 Å². The van der Waals surface area contributed by atoms with Gasteiger partial charge in [-0.2, -0.15) is 0 Å². The van der Waals surface area contributed by atoms with E-state index in [1.807, 2.05) is 18.2 Å². The van der Waals surface area contributed by atoms with Gasteiger partial charge in [0, 0.05) is 18.2 Å². The molecule has 2 N–H and O–H groups in total. The van der Waals surface area contributed by atoms with Gasteiger partial charge in [0.1, 0.15) is 4.99 Å². The molecule has 0 aliphatic carbocycles. The number of nitrogens with zero attached hydrogens (tertiary/aromatic N) is 1. The van der Waals surface area contributed by atoms with Crippen LogP contribution in [0, 0.1) is 0 Å². The van der Waals surface area contributed by atoms with Crippen molar-refractivity contribution < 1.29 is 4.74 Å². The van der Waals surface area contributed by atoms with Crippen LogP contribution in [0.4, 0.5) is 5.69 Å². The van der Waals surface area contributed by atoms with Crippen molar-refractivity contribution in [3.63, 3.8) is 0 Å². The van der Waals surface area contributed by atoms with E-state index in [1.54, 1.807) is 0 Å². The van der Waals surface area contributed by atoms with Crippen LogP contribution in [-0.4, -0.2) is 30.8 Å². The lowest BCUT2D eigenvalue weighted by Crippen LogP contribution is -2.43. The SMILES string of the molecule is CC1COCCN1c1ccc(C(N)=S)cc1Cl. The fourth-order valence-corrected chi connectivity index (χ4v) is 2.39. The number of benzene rings is 1. The minimum atomic E-state index is 0.330.